The van der Waals surface area contributed by atoms with Crippen molar-refractivity contribution in [2.75, 3.05) is 13.1 Å². The van der Waals surface area contributed by atoms with E-state index in [1.807, 2.05) is 6.07 Å². The van der Waals surface area contributed by atoms with Crippen molar-refractivity contribution in [2.45, 2.75) is 25.0 Å². The molecule has 0 aromatic heterocycles. The first-order valence-corrected chi connectivity index (χ1v) is 5.44. The molecule has 80 valence electrons. The van der Waals surface area contributed by atoms with E-state index in [0.717, 1.165) is 37.1 Å². The zero-order valence-electron chi connectivity index (χ0n) is 8.55. The topological polar surface area (TPSA) is 21.3 Å². The molecule has 1 fully saturated rings. The zero-order valence-corrected chi connectivity index (χ0v) is 8.55. The Morgan fingerprint density at radius 2 is 2.33 bits per heavy atom. The molecule has 1 atom stereocenters. The number of benzene rings is 1. The van der Waals surface area contributed by atoms with E-state index in [0.29, 0.717) is 6.61 Å². The van der Waals surface area contributed by atoms with Crippen LogP contribution in [0.4, 0.5) is 4.39 Å². The molecule has 2 heterocycles. The third-order valence-corrected chi connectivity index (χ3v) is 3.40. The molecule has 2 aliphatic heterocycles. The molecule has 0 aliphatic carbocycles. The van der Waals surface area contributed by atoms with Crippen molar-refractivity contribution in [2.24, 2.45) is 0 Å². The minimum Gasteiger partial charge on any atom is -0.364 e. The average molecular weight is 207 g/mol. The van der Waals surface area contributed by atoms with Crippen LogP contribution in [0.1, 0.15) is 24.0 Å². The van der Waals surface area contributed by atoms with Gasteiger partial charge in [-0.25, -0.2) is 4.39 Å². The van der Waals surface area contributed by atoms with Crippen molar-refractivity contribution < 1.29 is 9.13 Å². The number of hydrogen-bond acceptors (Lipinski definition) is 2. The molecule has 2 nitrogen and oxygen atoms in total. The SMILES string of the molecule is Fc1cccc2c1C1(CCCNC1)OC2. The monoisotopic (exact) mass is 207 g/mol. The minimum absolute atomic E-state index is 0.117. The zero-order chi connectivity index (χ0) is 10.3. The van der Waals surface area contributed by atoms with Crippen LogP contribution in [0.25, 0.3) is 0 Å². The van der Waals surface area contributed by atoms with E-state index in [-0.39, 0.29) is 11.4 Å². The van der Waals surface area contributed by atoms with Gasteiger partial charge < -0.3 is 10.1 Å². The van der Waals surface area contributed by atoms with E-state index < -0.39 is 0 Å². The summed E-state index contributed by atoms with van der Waals surface area (Å²) in [5, 5.41) is 3.29. The Labute approximate surface area is 88.4 Å². The lowest BCUT2D eigenvalue weighted by Gasteiger charge is -2.34. The molecule has 2 aliphatic rings. The van der Waals surface area contributed by atoms with Gasteiger partial charge in [0, 0.05) is 12.1 Å². The summed E-state index contributed by atoms with van der Waals surface area (Å²) in [5.41, 5.74) is 1.41. The third kappa shape index (κ3) is 1.30. The van der Waals surface area contributed by atoms with Crippen molar-refractivity contribution in [1.29, 1.82) is 0 Å². The van der Waals surface area contributed by atoms with Crippen LogP contribution in [0.3, 0.4) is 0 Å². The maximum atomic E-state index is 13.8. The predicted octanol–water partition coefficient (Wildman–Crippen LogP) is 1.93. The quantitative estimate of drug-likeness (QED) is 0.702. The summed E-state index contributed by atoms with van der Waals surface area (Å²) in [6, 6.07) is 5.25. The van der Waals surface area contributed by atoms with Gasteiger partial charge in [0.2, 0.25) is 0 Å². The summed E-state index contributed by atoms with van der Waals surface area (Å²) >= 11 is 0. The number of halogens is 1. The number of ether oxygens (including phenoxy) is 1. The van der Waals surface area contributed by atoms with Crippen LogP contribution in [0.5, 0.6) is 0 Å². The van der Waals surface area contributed by atoms with Gasteiger partial charge in [-0.15, -0.1) is 0 Å². The van der Waals surface area contributed by atoms with Gasteiger partial charge in [-0.2, -0.15) is 0 Å². The van der Waals surface area contributed by atoms with Crippen LogP contribution < -0.4 is 5.32 Å². The standard InChI is InChI=1S/C12H14FNO/c13-10-4-1-3-9-7-15-12(11(9)10)5-2-6-14-8-12/h1,3-4,14H,2,5-8H2. The van der Waals surface area contributed by atoms with E-state index >= 15 is 0 Å². The van der Waals surface area contributed by atoms with Crippen molar-refractivity contribution >= 4 is 0 Å². The first kappa shape index (κ1) is 9.31. The predicted molar refractivity (Wildman–Crippen MR) is 55.0 cm³/mol. The molecular weight excluding hydrogens is 193 g/mol. The number of nitrogens with one attached hydrogen (secondary N) is 1. The second-order valence-electron chi connectivity index (χ2n) is 4.34. The second kappa shape index (κ2) is 3.29. The van der Waals surface area contributed by atoms with E-state index in [4.69, 9.17) is 4.74 Å². The Bertz CT molecular complexity index is 380. The van der Waals surface area contributed by atoms with Crippen molar-refractivity contribution in [3.8, 4) is 0 Å². The summed E-state index contributed by atoms with van der Waals surface area (Å²) in [6.07, 6.45) is 1.97. The Kier molecular flexibility index (Phi) is 2.04. The first-order valence-electron chi connectivity index (χ1n) is 5.44. The molecule has 0 bridgehead atoms. The van der Waals surface area contributed by atoms with Gasteiger partial charge in [-0.1, -0.05) is 12.1 Å². The molecule has 1 unspecified atom stereocenters. The largest absolute Gasteiger partial charge is 0.364 e. The molecule has 1 spiro atoms. The molecule has 0 amide bonds. The molecule has 0 saturated carbocycles. The minimum atomic E-state index is -0.390. The van der Waals surface area contributed by atoms with Gasteiger partial charge in [0.15, 0.2) is 0 Å². The molecular formula is C12H14FNO. The van der Waals surface area contributed by atoms with Crippen LogP contribution >= 0.6 is 0 Å². The number of hydrogen-bond donors (Lipinski definition) is 1. The molecule has 1 N–H and O–H groups in total. The molecule has 3 rings (SSSR count). The van der Waals surface area contributed by atoms with Gasteiger partial charge >= 0.3 is 0 Å². The Morgan fingerprint density at radius 3 is 3.13 bits per heavy atom. The van der Waals surface area contributed by atoms with Gasteiger partial charge in [0.1, 0.15) is 11.4 Å². The van der Waals surface area contributed by atoms with Crippen LogP contribution in [-0.2, 0) is 16.9 Å². The van der Waals surface area contributed by atoms with Crippen LogP contribution in [0.15, 0.2) is 18.2 Å². The van der Waals surface area contributed by atoms with E-state index in [2.05, 4.69) is 5.32 Å². The molecule has 1 saturated heterocycles. The van der Waals surface area contributed by atoms with Crippen molar-refractivity contribution in [3.63, 3.8) is 0 Å². The van der Waals surface area contributed by atoms with Crippen LogP contribution in [-0.4, -0.2) is 13.1 Å². The summed E-state index contributed by atoms with van der Waals surface area (Å²) in [7, 11) is 0. The fourth-order valence-corrected chi connectivity index (χ4v) is 2.70. The van der Waals surface area contributed by atoms with Crippen LogP contribution in [0, 0.1) is 5.82 Å². The van der Waals surface area contributed by atoms with Crippen molar-refractivity contribution in [1.82, 2.24) is 5.32 Å². The smallest absolute Gasteiger partial charge is 0.129 e. The number of piperidine rings is 1. The third-order valence-electron chi connectivity index (χ3n) is 3.40. The van der Waals surface area contributed by atoms with Crippen molar-refractivity contribution in [3.05, 3.63) is 35.1 Å². The number of fused-ring (bicyclic) bond motifs is 2. The maximum Gasteiger partial charge on any atom is 0.129 e. The van der Waals surface area contributed by atoms with Gasteiger partial charge in [0.25, 0.3) is 0 Å². The Hall–Kier alpha value is -0.930. The fraction of sp³-hybridized carbons (Fsp3) is 0.500. The van der Waals surface area contributed by atoms with E-state index in [1.54, 1.807) is 6.07 Å². The average Bonchev–Trinajstić information content (AvgIpc) is 2.60. The lowest BCUT2D eigenvalue weighted by atomic mass is 9.85. The molecule has 1 aromatic carbocycles. The highest BCUT2D eigenvalue weighted by atomic mass is 19.1. The van der Waals surface area contributed by atoms with E-state index in [9.17, 15) is 4.39 Å². The van der Waals surface area contributed by atoms with E-state index in [1.165, 1.54) is 6.07 Å². The lowest BCUT2D eigenvalue weighted by Crippen LogP contribution is -2.43. The Morgan fingerprint density at radius 1 is 1.40 bits per heavy atom. The summed E-state index contributed by atoms with van der Waals surface area (Å²) in [6.45, 7) is 2.30. The van der Waals surface area contributed by atoms with Gasteiger partial charge in [-0.3, -0.25) is 0 Å². The normalized spacial score (nSPS) is 29.4. The fourth-order valence-electron chi connectivity index (χ4n) is 2.70. The number of rotatable bonds is 0. The van der Waals surface area contributed by atoms with Gasteiger partial charge in [0.05, 0.1) is 6.61 Å². The van der Waals surface area contributed by atoms with Crippen LogP contribution in [0.2, 0.25) is 0 Å². The molecule has 1 aromatic rings. The highest BCUT2D eigenvalue weighted by Gasteiger charge is 2.42. The maximum absolute atomic E-state index is 13.8. The molecule has 15 heavy (non-hydrogen) atoms. The first-order chi connectivity index (χ1) is 7.32. The molecule has 0 radical (unpaired) electrons. The Balaban J connectivity index is 2.09. The van der Waals surface area contributed by atoms with Gasteiger partial charge in [-0.05, 0) is 31.0 Å². The second-order valence-corrected chi connectivity index (χ2v) is 4.34. The highest BCUT2D eigenvalue weighted by molar-refractivity contribution is 5.37. The summed E-state index contributed by atoms with van der Waals surface area (Å²) in [5.74, 6) is -0.117. The highest BCUT2D eigenvalue weighted by Crippen LogP contribution is 2.42. The lowest BCUT2D eigenvalue weighted by molar-refractivity contribution is -0.0552. The summed E-state index contributed by atoms with van der Waals surface area (Å²) in [4.78, 5) is 0. The molecule has 3 heteroatoms. The summed E-state index contributed by atoms with van der Waals surface area (Å²) < 4.78 is 19.6.